The summed E-state index contributed by atoms with van der Waals surface area (Å²) in [4.78, 5) is 34.7. The second kappa shape index (κ2) is 9.21. The number of carbonyl (C=O) groups is 1. The molecule has 36 heavy (non-hydrogen) atoms. The molecule has 4 aromatic rings. The number of H-pyrrole nitrogens is 1. The zero-order valence-electron chi connectivity index (χ0n) is 19.4. The van der Waals surface area contributed by atoms with Gasteiger partial charge in [-0.3, -0.25) is 9.59 Å². The number of aryl methyl sites for hydroxylation is 1. The van der Waals surface area contributed by atoms with Crippen molar-refractivity contribution in [3.05, 3.63) is 87.0 Å². The highest BCUT2D eigenvalue weighted by Gasteiger charge is 2.30. The number of likely N-dealkylation sites (tertiary alicyclic amines) is 1. The normalized spacial score (nSPS) is 14.9. The Hall–Kier alpha value is -4.02. The Morgan fingerprint density at radius 3 is 2.36 bits per heavy atom. The van der Waals surface area contributed by atoms with E-state index >= 15 is 0 Å². The first kappa shape index (κ1) is 23.7. The third-order valence-electron chi connectivity index (χ3n) is 6.47. The topological polar surface area (TPSA) is 96.8 Å². The summed E-state index contributed by atoms with van der Waals surface area (Å²) in [7, 11) is 0. The van der Waals surface area contributed by atoms with Crippen LogP contribution in [0.3, 0.4) is 0 Å². The molecule has 2 aromatic carbocycles. The van der Waals surface area contributed by atoms with Crippen molar-refractivity contribution in [3.63, 3.8) is 0 Å². The molecule has 1 aliphatic heterocycles. The van der Waals surface area contributed by atoms with E-state index in [1.54, 1.807) is 4.90 Å². The molecular weight excluding hydrogens is 473 g/mol. The fraction of sp³-hybridized carbons (Fsp3) is 0.320. The van der Waals surface area contributed by atoms with Gasteiger partial charge >= 0.3 is 6.18 Å². The van der Waals surface area contributed by atoms with Crippen LogP contribution in [0.2, 0.25) is 0 Å². The van der Waals surface area contributed by atoms with Gasteiger partial charge in [0, 0.05) is 24.6 Å². The second-order valence-electron chi connectivity index (χ2n) is 9.00. The molecular formula is C25H23F3N6O2. The molecule has 1 fully saturated rings. The molecule has 1 N–H and O–H groups in total. The van der Waals surface area contributed by atoms with Gasteiger partial charge in [-0.2, -0.15) is 13.2 Å². The van der Waals surface area contributed by atoms with Crippen molar-refractivity contribution in [1.29, 1.82) is 0 Å². The number of amides is 1. The van der Waals surface area contributed by atoms with E-state index in [-0.39, 0.29) is 29.5 Å². The third-order valence-corrected chi connectivity index (χ3v) is 6.47. The highest BCUT2D eigenvalue weighted by molar-refractivity contribution is 5.94. The number of aromatic amines is 1. The number of benzene rings is 2. The van der Waals surface area contributed by atoms with E-state index in [4.69, 9.17) is 0 Å². The van der Waals surface area contributed by atoms with E-state index in [9.17, 15) is 22.8 Å². The van der Waals surface area contributed by atoms with Gasteiger partial charge in [-0.05, 0) is 49.6 Å². The van der Waals surface area contributed by atoms with Crippen LogP contribution in [-0.4, -0.2) is 48.9 Å². The highest BCUT2D eigenvalue weighted by Crippen LogP contribution is 2.29. The lowest BCUT2D eigenvalue weighted by Gasteiger charge is -2.31. The molecule has 11 heteroatoms. The largest absolute Gasteiger partial charge is 0.416 e. The standard InChI is InChI=1S/C25H23F3N6O2/c1-15-2-6-18(7-3-15)24(36)33-12-10-17(11-13-33)21-29-22-20(23(35)30-21)31-32-34(22)14-16-4-8-19(9-5-16)25(26,27)28/h2-9,17H,10-14H2,1H3,(H,29,30,35). The summed E-state index contributed by atoms with van der Waals surface area (Å²) in [5.41, 5.74) is 1.48. The molecule has 1 amide bonds. The number of nitrogens with one attached hydrogen (secondary N) is 1. The summed E-state index contributed by atoms with van der Waals surface area (Å²) in [6.45, 7) is 3.15. The lowest BCUT2D eigenvalue weighted by Crippen LogP contribution is -2.38. The number of halogens is 3. The molecule has 2 aromatic heterocycles. The molecule has 0 atom stereocenters. The molecule has 0 spiro atoms. The Morgan fingerprint density at radius 1 is 1.06 bits per heavy atom. The summed E-state index contributed by atoms with van der Waals surface area (Å²) in [5.74, 6) is 0.411. The fourth-order valence-corrected chi connectivity index (χ4v) is 4.39. The predicted molar refractivity (Wildman–Crippen MR) is 126 cm³/mol. The van der Waals surface area contributed by atoms with Gasteiger partial charge < -0.3 is 9.88 Å². The Bertz CT molecular complexity index is 1450. The van der Waals surface area contributed by atoms with Crippen LogP contribution in [-0.2, 0) is 12.7 Å². The number of aromatic nitrogens is 5. The Labute approximate surface area is 203 Å². The number of fused-ring (bicyclic) bond motifs is 1. The van der Waals surface area contributed by atoms with Crippen LogP contribution < -0.4 is 5.56 Å². The zero-order valence-corrected chi connectivity index (χ0v) is 19.4. The van der Waals surface area contributed by atoms with Gasteiger partial charge in [0.15, 0.2) is 11.2 Å². The SMILES string of the molecule is Cc1ccc(C(=O)N2CCC(c3nc4c(nnn4Cc4ccc(C(F)(F)F)cc4)c(=O)[nH]3)CC2)cc1. The fourth-order valence-electron chi connectivity index (χ4n) is 4.39. The number of piperidine rings is 1. The first-order valence-electron chi connectivity index (χ1n) is 11.5. The van der Waals surface area contributed by atoms with E-state index in [0.29, 0.717) is 42.9 Å². The van der Waals surface area contributed by atoms with Crippen LogP contribution in [0.15, 0.2) is 53.3 Å². The van der Waals surface area contributed by atoms with E-state index in [0.717, 1.165) is 17.7 Å². The van der Waals surface area contributed by atoms with E-state index in [2.05, 4.69) is 20.3 Å². The maximum Gasteiger partial charge on any atom is 0.416 e. The van der Waals surface area contributed by atoms with Crippen molar-refractivity contribution >= 4 is 17.1 Å². The minimum Gasteiger partial charge on any atom is -0.339 e. The lowest BCUT2D eigenvalue weighted by molar-refractivity contribution is -0.137. The van der Waals surface area contributed by atoms with Crippen molar-refractivity contribution < 1.29 is 18.0 Å². The quantitative estimate of drug-likeness (QED) is 0.462. The predicted octanol–water partition coefficient (Wildman–Crippen LogP) is 3.91. The monoisotopic (exact) mass is 496 g/mol. The van der Waals surface area contributed by atoms with E-state index < -0.39 is 17.3 Å². The van der Waals surface area contributed by atoms with Gasteiger partial charge in [0.1, 0.15) is 5.82 Å². The molecule has 8 nitrogen and oxygen atoms in total. The van der Waals surface area contributed by atoms with Crippen molar-refractivity contribution in [1.82, 2.24) is 29.9 Å². The summed E-state index contributed by atoms with van der Waals surface area (Å²) >= 11 is 0. The average molecular weight is 496 g/mol. The van der Waals surface area contributed by atoms with E-state index in [1.807, 2.05) is 31.2 Å². The maximum atomic E-state index is 12.8. The molecule has 0 saturated carbocycles. The molecule has 0 aliphatic carbocycles. The van der Waals surface area contributed by atoms with Gasteiger partial charge in [-0.15, -0.1) is 5.10 Å². The zero-order chi connectivity index (χ0) is 25.4. The third kappa shape index (κ3) is 4.73. The molecule has 186 valence electrons. The molecule has 0 unspecified atom stereocenters. The minimum absolute atomic E-state index is 0.0239. The summed E-state index contributed by atoms with van der Waals surface area (Å²) in [6.07, 6.45) is -3.15. The summed E-state index contributed by atoms with van der Waals surface area (Å²) < 4.78 is 39.9. The average Bonchev–Trinajstić information content (AvgIpc) is 3.27. The van der Waals surface area contributed by atoms with Crippen LogP contribution in [0.4, 0.5) is 13.2 Å². The highest BCUT2D eigenvalue weighted by atomic mass is 19.4. The number of nitrogens with zero attached hydrogens (tertiary/aromatic N) is 5. The molecule has 1 saturated heterocycles. The number of hydrogen-bond donors (Lipinski definition) is 1. The lowest BCUT2D eigenvalue weighted by atomic mass is 9.95. The van der Waals surface area contributed by atoms with Crippen molar-refractivity contribution in [3.8, 4) is 0 Å². The molecule has 1 aliphatic rings. The van der Waals surface area contributed by atoms with Crippen LogP contribution in [0, 0.1) is 6.92 Å². The van der Waals surface area contributed by atoms with Gasteiger partial charge in [0.25, 0.3) is 11.5 Å². The number of rotatable bonds is 4. The number of hydrogen-bond acceptors (Lipinski definition) is 5. The summed E-state index contributed by atoms with van der Waals surface area (Å²) in [5, 5.41) is 7.90. The number of carbonyl (C=O) groups excluding carboxylic acids is 1. The first-order chi connectivity index (χ1) is 17.2. The van der Waals surface area contributed by atoms with Gasteiger partial charge in [0.05, 0.1) is 12.1 Å². The molecule has 5 rings (SSSR count). The minimum atomic E-state index is -4.41. The Kier molecular flexibility index (Phi) is 6.07. The number of alkyl halides is 3. The molecule has 3 heterocycles. The van der Waals surface area contributed by atoms with Crippen molar-refractivity contribution in [2.75, 3.05) is 13.1 Å². The smallest absolute Gasteiger partial charge is 0.339 e. The van der Waals surface area contributed by atoms with Crippen molar-refractivity contribution in [2.45, 2.75) is 38.4 Å². The Morgan fingerprint density at radius 2 is 1.72 bits per heavy atom. The van der Waals surface area contributed by atoms with Crippen molar-refractivity contribution in [2.24, 2.45) is 0 Å². The first-order valence-corrected chi connectivity index (χ1v) is 11.5. The second-order valence-corrected chi connectivity index (χ2v) is 9.00. The molecule has 0 bridgehead atoms. The van der Waals surface area contributed by atoms with Gasteiger partial charge in [-0.1, -0.05) is 35.0 Å². The molecule has 0 radical (unpaired) electrons. The van der Waals surface area contributed by atoms with E-state index in [1.165, 1.54) is 16.8 Å². The van der Waals surface area contributed by atoms with Crippen LogP contribution in [0.5, 0.6) is 0 Å². The Balaban J connectivity index is 1.32. The van der Waals surface area contributed by atoms with Gasteiger partial charge in [-0.25, -0.2) is 9.67 Å². The van der Waals surface area contributed by atoms with Gasteiger partial charge in [0.2, 0.25) is 0 Å². The summed E-state index contributed by atoms with van der Waals surface area (Å²) in [6, 6.07) is 12.2. The maximum absolute atomic E-state index is 12.8. The van der Waals surface area contributed by atoms with Crippen LogP contribution >= 0.6 is 0 Å². The van der Waals surface area contributed by atoms with Crippen LogP contribution in [0.25, 0.3) is 11.2 Å². The van der Waals surface area contributed by atoms with Crippen LogP contribution in [0.1, 0.15) is 51.6 Å².